The van der Waals surface area contributed by atoms with Crippen LogP contribution in [-0.2, 0) is 13.5 Å². The van der Waals surface area contributed by atoms with Crippen LogP contribution >= 0.6 is 0 Å². The number of benzene rings is 1. The minimum Gasteiger partial charge on any atom is -0.389 e. The van der Waals surface area contributed by atoms with Crippen LogP contribution in [0.5, 0.6) is 0 Å². The highest BCUT2D eigenvalue weighted by Crippen LogP contribution is 2.29. The summed E-state index contributed by atoms with van der Waals surface area (Å²) in [4.78, 5) is 14.0. The third-order valence-corrected chi connectivity index (χ3v) is 5.03. The molecule has 0 unspecified atom stereocenters. The summed E-state index contributed by atoms with van der Waals surface area (Å²) < 4.78 is 27.2. The largest absolute Gasteiger partial charge is 0.389 e. The topological polar surface area (TPSA) is 70.4 Å². The zero-order valence-electron chi connectivity index (χ0n) is 15.5. The SMILES string of the molecule is Cc1cccc(CC2(O)CCN(C(=O)Nc3cnn(C)c3C(F)F)CC2)c1. The molecule has 27 heavy (non-hydrogen) atoms. The summed E-state index contributed by atoms with van der Waals surface area (Å²) in [6.07, 6.45) is -0.111. The first-order chi connectivity index (χ1) is 12.8. The number of aliphatic hydroxyl groups is 1. The zero-order valence-corrected chi connectivity index (χ0v) is 15.5. The van der Waals surface area contributed by atoms with Gasteiger partial charge in [0.15, 0.2) is 0 Å². The van der Waals surface area contributed by atoms with Gasteiger partial charge in [0.25, 0.3) is 6.43 Å². The molecular formula is C19H24F2N4O2. The molecule has 2 aromatic rings. The van der Waals surface area contributed by atoms with Gasteiger partial charge in [0, 0.05) is 26.6 Å². The molecule has 2 heterocycles. The molecule has 3 rings (SSSR count). The van der Waals surface area contributed by atoms with Crippen LogP contribution in [0.1, 0.15) is 36.1 Å². The van der Waals surface area contributed by atoms with Gasteiger partial charge >= 0.3 is 6.03 Å². The molecule has 1 saturated heterocycles. The molecule has 1 fully saturated rings. The number of alkyl halides is 2. The third kappa shape index (κ3) is 4.44. The molecule has 1 aromatic heterocycles. The van der Waals surface area contributed by atoms with E-state index in [2.05, 4.69) is 10.4 Å². The number of urea groups is 1. The lowest BCUT2D eigenvalue weighted by atomic mass is 9.85. The van der Waals surface area contributed by atoms with Crippen molar-refractivity contribution >= 4 is 11.7 Å². The van der Waals surface area contributed by atoms with Gasteiger partial charge in [0.1, 0.15) is 5.69 Å². The predicted molar refractivity (Wildman–Crippen MR) is 97.8 cm³/mol. The Bertz CT molecular complexity index is 814. The number of hydrogen-bond acceptors (Lipinski definition) is 3. The second kappa shape index (κ2) is 7.64. The summed E-state index contributed by atoms with van der Waals surface area (Å²) in [7, 11) is 1.41. The molecule has 1 aromatic carbocycles. The smallest absolute Gasteiger partial charge is 0.321 e. The van der Waals surface area contributed by atoms with Gasteiger partial charge in [-0.1, -0.05) is 29.8 Å². The molecule has 0 aliphatic carbocycles. The Balaban J connectivity index is 1.59. The summed E-state index contributed by atoms with van der Waals surface area (Å²) in [5.41, 5.74) is 1.02. The molecule has 0 radical (unpaired) electrons. The molecule has 2 N–H and O–H groups in total. The first-order valence-electron chi connectivity index (χ1n) is 8.91. The van der Waals surface area contributed by atoms with Crippen LogP contribution < -0.4 is 5.32 Å². The Morgan fingerprint density at radius 1 is 1.37 bits per heavy atom. The maximum Gasteiger partial charge on any atom is 0.321 e. The van der Waals surface area contributed by atoms with Gasteiger partial charge in [-0.15, -0.1) is 0 Å². The third-order valence-electron chi connectivity index (χ3n) is 5.03. The Labute approximate surface area is 156 Å². The Kier molecular flexibility index (Phi) is 5.46. The molecule has 0 atom stereocenters. The predicted octanol–water partition coefficient (Wildman–Crippen LogP) is 3.27. The average Bonchev–Trinajstić information content (AvgIpc) is 2.95. The normalized spacial score (nSPS) is 16.6. The lowest BCUT2D eigenvalue weighted by molar-refractivity contribution is -0.0105. The van der Waals surface area contributed by atoms with Gasteiger partial charge in [0.2, 0.25) is 0 Å². The Morgan fingerprint density at radius 3 is 2.70 bits per heavy atom. The number of aromatic nitrogens is 2. The molecule has 8 heteroatoms. The van der Waals surface area contributed by atoms with Gasteiger partial charge in [0.05, 0.1) is 17.5 Å². The van der Waals surface area contributed by atoms with Crippen molar-refractivity contribution in [3.63, 3.8) is 0 Å². The van der Waals surface area contributed by atoms with Crippen LogP contribution in [-0.4, -0.2) is 44.5 Å². The second-order valence-electron chi connectivity index (χ2n) is 7.18. The number of nitrogens with zero attached hydrogens (tertiary/aromatic N) is 3. The number of halogens is 2. The number of rotatable bonds is 4. The van der Waals surface area contributed by atoms with E-state index in [0.717, 1.165) is 15.8 Å². The van der Waals surface area contributed by atoms with Crippen molar-refractivity contribution in [2.24, 2.45) is 7.05 Å². The molecule has 1 aliphatic heterocycles. The van der Waals surface area contributed by atoms with Crippen LogP contribution in [0.4, 0.5) is 19.3 Å². The fourth-order valence-corrected chi connectivity index (χ4v) is 3.50. The number of carbonyl (C=O) groups excluding carboxylic acids is 1. The lowest BCUT2D eigenvalue weighted by Crippen LogP contribution is -2.49. The molecule has 0 bridgehead atoms. The Hall–Kier alpha value is -2.48. The number of carbonyl (C=O) groups is 1. The molecular weight excluding hydrogens is 354 g/mol. The molecule has 0 saturated carbocycles. The van der Waals surface area contributed by atoms with E-state index in [-0.39, 0.29) is 11.4 Å². The van der Waals surface area contributed by atoms with Crippen LogP contribution in [0, 0.1) is 6.92 Å². The van der Waals surface area contributed by atoms with Crippen molar-refractivity contribution in [1.82, 2.24) is 14.7 Å². The number of amides is 2. The van der Waals surface area contributed by atoms with Crippen LogP contribution in [0.25, 0.3) is 0 Å². The molecule has 2 amide bonds. The van der Waals surface area contributed by atoms with Crippen molar-refractivity contribution in [1.29, 1.82) is 0 Å². The molecule has 0 spiro atoms. The van der Waals surface area contributed by atoms with E-state index in [0.29, 0.717) is 32.4 Å². The van der Waals surface area contributed by atoms with E-state index in [4.69, 9.17) is 0 Å². The van der Waals surface area contributed by atoms with Gasteiger partial charge < -0.3 is 15.3 Å². The summed E-state index contributed by atoms with van der Waals surface area (Å²) in [6, 6.07) is 7.55. The first kappa shape index (κ1) is 19.3. The number of piperidine rings is 1. The minimum absolute atomic E-state index is 0.0121. The number of hydrogen-bond donors (Lipinski definition) is 2. The fraction of sp³-hybridized carbons (Fsp3) is 0.474. The van der Waals surface area contributed by atoms with E-state index >= 15 is 0 Å². The van der Waals surface area contributed by atoms with Crippen LogP contribution in [0.3, 0.4) is 0 Å². The van der Waals surface area contributed by atoms with Gasteiger partial charge in [-0.25, -0.2) is 13.6 Å². The zero-order chi connectivity index (χ0) is 19.6. The number of likely N-dealkylation sites (tertiary alicyclic amines) is 1. The number of anilines is 1. The number of nitrogens with one attached hydrogen (secondary N) is 1. The van der Waals surface area contributed by atoms with Gasteiger partial charge in [-0.2, -0.15) is 5.10 Å². The van der Waals surface area contributed by atoms with Crippen LogP contribution in [0.2, 0.25) is 0 Å². The number of aryl methyl sites for hydroxylation is 2. The standard InChI is InChI=1S/C19H24F2N4O2/c1-13-4-3-5-14(10-13)11-19(27)6-8-25(9-7-19)18(26)23-15-12-22-24(2)16(15)17(20)21/h3-5,10,12,17,27H,6-9,11H2,1-2H3,(H,23,26). The summed E-state index contributed by atoms with van der Waals surface area (Å²) in [5, 5.41) is 17.1. The maximum atomic E-state index is 13.1. The molecule has 6 nitrogen and oxygen atoms in total. The van der Waals surface area contributed by atoms with E-state index in [1.165, 1.54) is 18.1 Å². The Morgan fingerprint density at radius 2 is 2.07 bits per heavy atom. The average molecular weight is 378 g/mol. The van der Waals surface area contributed by atoms with E-state index in [1.807, 2.05) is 31.2 Å². The first-order valence-corrected chi connectivity index (χ1v) is 8.91. The highest BCUT2D eigenvalue weighted by Gasteiger charge is 2.34. The van der Waals surface area contributed by atoms with E-state index in [9.17, 15) is 18.7 Å². The second-order valence-corrected chi connectivity index (χ2v) is 7.18. The lowest BCUT2D eigenvalue weighted by Gasteiger charge is -2.38. The highest BCUT2D eigenvalue weighted by molar-refractivity contribution is 5.90. The molecule has 1 aliphatic rings. The highest BCUT2D eigenvalue weighted by atomic mass is 19.3. The van der Waals surface area contributed by atoms with Crippen molar-refractivity contribution in [3.8, 4) is 0 Å². The van der Waals surface area contributed by atoms with Crippen LogP contribution in [0.15, 0.2) is 30.5 Å². The van der Waals surface area contributed by atoms with Crippen molar-refractivity contribution in [3.05, 3.63) is 47.3 Å². The summed E-state index contributed by atoms with van der Waals surface area (Å²) in [6.45, 7) is 2.73. The van der Waals surface area contributed by atoms with Gasteiger partial charge in [-0.05, 0) is 25.3 Å². The van der Waals surface area contributed by atoms with Crippen molar-refractivity contribution < 1.29 is 18.7 Å². The summed E-state index contributed by atoms with van der Waals surface area (Å²) in [5.74, 6) is 0. The fourth-order valence-electron chi connectivity index (χ4n) is 3.50. The van der Waals surface area contributed by atoms with Crippen molar-refractivity contribution in [2.75, 3.05) is 18.4 Å². The van der Waals surface area contributed by atoms with E-state index < -0.39 is 18.1 Å². The van der Waals surface area contributed by atoms with Crippen molar-refractivity contribution in [2.45, 2.75) is 38.2 Å². The quantitative estimate of drug-likeness (QED) is 0.858. The molecule has 146 valence electrons. The van der Waals surface area contributed by atoms with E-state index in [1.54, 1.807) is 0 Å². The minimum atomic E-state index is -2.73. The summed E-state index contributed by atoms with van der Waals surface area (Å²) >= 11 is 0. The van der Waals surface area contributed by atoms with Gasteiger partial charge in [-0.3, -0.25) is 4.68 Å². The monoisotopic (exact) mass is 378 g/mol. The maximum absolute atomic E-state index is 13.1.